The second-order valence-corrected chi connectivity index (χ2v) is 46.2. The van der Waals surface area contributed by atoms with Gasteiger partial charge in [-0.15, -0.1) is 0 Å². The summed E-state index contributed by atoms with van der Waals surface area (Å²) in [6.07, 6.45) is 15.1. The number of hydrogen-bond acceptors (Lipinski definition) is 23. The number of carbonyl (C=O) groups excluding carboxylic acids is 10. The van der Waals surface area contributed by atoms with E-state index >= 15 is 0 Å². The highest BCUT2D eigenvalue weighted by molar-refractivity contribution is 6.77. The van der Waals surface area contributed by atoms with Gasteiger partial charge in [-0.2, -0.15) is 5.26 Å². The molecule has 0 radical (unpaired) electrons. The lowest BCUT2D eigenvalue weighted by Crippen LogP contribution is -2.46. The summed E-state index contributed by atoms with van der Waals surface area (Å²) in [5.74, 6) is -6.55. The van der Waals surface area contributed by atoms with Gasteiger partial charge in [-0.05, 0) is 168 Å². The van der Waals surface area contributed by atoms with E-state index in [4.69, 9.17) is 253 Å². The van der Waals surface area contributed by atoms with Crippen molar-refractivity contribution in [2.75, 3.05) is 38.2 Å². The molecule has 149 heavy (non-hydrogen) atoms. The summed E-state index contributed by atoms with van der Waals surface area (Å²) >= 11 is 104. The number of carboxylic acid groups (broad SMARTS) is 2. The van der Waals surface area contributed by atoms with Crippen molar-refractivity contribution in [1.29, 1.82) is 10.7 Å². The third kappa shape index (κ3) is 35.9. The summed E-state index contributed by atoms with van der Waals surface area (Å²) in [5, 5.41) is 53.6. The molecule has 8 aliphatic heterocycles. The maximum Gasteiger partial charge on any atom is 0.350 e. The van der Waals surface area contributed by atoms with Gasteiger partial charge >= 0.3 is 11.9 Å². The van der Waals surface area contributed by atoms with Gasteiger partial charge in [-0.1, -0.05) is 247 Å². The maximum absolute atomic E-state index is 13.2. The Morgan fingerprint density at radius 1 is 0.423 bits per heavy atom. The zero-order valence-electron chi connectivity index (χ0n) is 79.4. The lowest BCUT2D eigenvalue weighted by molar-refractivity contribution is -0.132. The van der Waals surface area contributed by atoms with E-state index in [9.17, 15) is 62.8 Å². The predicted molar refractivity (Wildman–Crippen MR) is 590 cm³/mol. The number of piperidine rings is 3. The number of halogens is 18. The molecule has 0 unspecified atom stereocenters. The molecule has 50 heteroatoms. The molecular formula is C99H103Cl18N17O15. The summed E-state index contributed by atoms with van der Waals surface area (Å²) in [4.78, 5) is 166. The lowest BCUT2D eigenvalue weighted by atomic mass is 9.84. The van der Waals surface area contributed by atoms with Gasteiger partial charge in [0.15, 0.2) is 11.6 Å². The third-order valence-corrected chi connectivity index (χ3v) is 30.8. The number of ether oxygens (including phenoxy) is 1. The first-order valence-corrected chi connectivity index (χ1v) is 53.8. The number of carbonyl (C=O) groups is 12. The fraction of sp³-hybridized carbons (Fsp3) is 0.444. The third-order valence-electron chi connectivity index (χ3n) is 25.7. The molecule has 32 nitrogen and oxygen atoms in total. The number of nitrogen functional groups attached to an aromatic ring is 2. The fourth-order valence-corrected chi connectivity index (χ4v) is 19.9. The first-order valence-electron chi connectivity index (χ1n) is 47.0. The van der Waals surface area contributed by atoms with E-state index in [-0.39, 0.29) is 133 Å². The van der Waals surface area contributed by atoms with Crippen LogP contribution in [0.5, 0.6) is 0 Å². The number of ketones is 3. The van der Waals surface area contributed by atoms with Crippen LogP contribution in [-0.2, 0) is 94.4 Å². The van der Waals surface area contributed by atoms with Crippen LogP contribution in [-0.4, -0.2) is 168 Å². The highest BCUT2D eigenvalue weighted by atomic mass is 35.6. The number of nitrogens with two attached hydrogens (primary N) is 5. The summed E-state index contributed by atoms with van der Waals surface area (Å²) < 4.78 is 1.08. The number of nitriles is 1. The normalized spacial score (nSPS) is 18.4. The van der Waals surface area contributed by atoms with Gasteiger partial charge in [-0.3, -0.25) is 58.3 Å². The van der Waals surface area contributed by atoms with Gasteiger partial charge in [0, 0.05) is 154 Å². The van der Waals surface area contributed by atoms with Crippen LogP contribution in [0.25, 0.3) is 0 Å². The summed E-state index contributed by atoms with van der Waals surface area (Å²) in [6, 6.07) is 20.0. The Bertz CT molecular complexity index is 6250. The van der Waals surface area contributed by atoms with Crippen molar-refractivity contribution in [3.63, 3.8) is 0 Å². The van der Waals surface area contributed by atoms with Crippen molar-refractivity contribution in [3.05, 3.63) is 161 Å². The number of methoxy groups -OCH3 is 1. The fourth-order valence-electron chi connectivity index (χ4n) is 16.8. The number of aliphatic carboxylic acids is 2. The minimum Gasteiger partial charge on any atom is -0.481 e. The van der Waals surface area contributed by atoms with Gasteiger partial charge in [0.25, 0.3) is 15.6 Å². The van der Waals surface area contributed by atoms with Crippen molar-refractivity contribution >= 4 is 354 Å². The van der Waals surface area contributed by atoms with E-state index in [1.165, 1.54) is 7.11 Å². The number of nitrogens with one attached hydrogen (secondary N) is 6. The minimum atomic E-state index is -1.71. The molecule has 9 atom stereocenters. The molecule has 0 aromatic heterocycles. The SMILES string of the molecule is COC(=N)C(Cl)(Cl)Cl.Clc1ccc(Cl)c2c1CC(C(Cl)(Cl)Cl)=N2.N#C[C@@H](CC(=O)[C@H](CC1CC1)NC(=O)C1=Nc2c(Cl)ccc(Cl)c2C1)C[C@@H]1CCCNC1=O.NC(=O)[C@@H](CC(=O)[C@@H](N)CC1CC1)C[C@@H]1CCCNC1=O.NC(=O)[C@@H](CC(=O)[C@H](CC1CC1)NC(=O)C1=Nc2c(Cl)ccc(Cl)c2C1)C[C@@H]1CCCNC1=O.Nc1c(Cl)ccc(Cl)c1N.O=C(O)C1=Nc2c(Cl)ccc(Cl)c2C1.O=C(O)C1=Nc2c(Cl)ccc(Cl)c2C1. The topological polar surface area (TPSA) is 554 Å². The van der Waals surface area contributed by atoms with Crippen molar-refractivity contribution < 1.29 is 72.5 Å². The minimum absolute atomic E-state index is 0.0162. The second-order valence-electron chi connectivity index (χ2n) is 36.8. The molecule has 6 aromatic rings. The molecule has 0 bridgehead atoms. The monoisotopic (exact) mass is 2400 g/mol. The Morgan fingerprint density at radius 3 is 0.993 bits per heavy atom. The number of nitrogens with zero attached hydrogens (tertiary/aromatic N) is 6. The van der Waals surface area contributed by atoms with Crippen LogP contribution in [0.15, 0.2) is 97.8 Å². The number of carboxylic acids is 2. The van der Waals surface area contributed by atoms with Crippen molar-refractivity contribution in [2.24, 2.45) is 95.4 Å². The number of alkyl halides is 6. The largest absolute Gasteiger partial charge is 0.481 e. The number of hydrogen-bond donors (Lipinski definition) is 13. The Kier molecular flexibility index (Phi) is 46.2. The quantitative estimate of drug-likeness (QED) is 0.00897. The van der Waals surface area contributed by atoms with Gasteiger partial charge in [0.1, 0.15) is 28.6 Å². The first kappa shape index (κ1) is 122. The molecule has 3 saturated carbocycles. The van der Waals surface area contributed by atoms with Crippen LogP contribution < -0.4 is 55.3 Å². The molecule has 18 N–H and O–H groups in total. The molecular weight excluding hydrogens is 2310 g/mol. The van der Waals surface area contributed by atoms with E-state index in [2.05, 4.69) is 62.4 Å². The van der Waals surface area contributed by atoms with Crippen LogP contribution in [0, 0.1) is 70.0 Å². The molecule has 6 aromatic carbocycles. The van der Waals surface area contributed by atoms with E-state index < -0.39 is 79.0 Å². The molecule has 8 heterocycles. The zero-order valence-corrected chi connectivity index (χ0v) is 93.0. The zero-order chi connectivity index (χ0) is 110. The summed E-state index contributed by atoms with van der Waals surface area (Å²) in [5.41, 5.74) is 35.7. The summed E-state index contributed by atoms with van der Waals surface area (Å²) in [7, 11) is 1.27. The van der Waals surface area contributed by atoms with Crippen molar-refractivity contribution in [3.8, 4) is 6.07 Å². The van der Waals surface area contributed by atoms with Crippen LogP contribution in [0.4, 0.5) is 39.8 Å². The maximum atomic E-state index is 13.2. The van der Waals surface area contributed by atoms with Gasteiger partial charge in [-0.25, -0.2) is 29.6 Å². The average molecular weight is 2410 g/mol. The number of primary amides is 2. The smallest absolute Gasteiger partial charge is 0.350 e. The van der Waals surface area contributed by atoms with Crippen molar-refractivity contribution in [2.45, 2.75) is 193 Å². The number of benzene rings is 6. The molecule has 0 spiro atoms. The number of amides is 7. The van der Waals surface area contributed by atoms with Crippen LogP contribution >= 0.6 is 209 Å². The Hall–Kier alpha value is -8.35. The first-order chi connectivity index (χ1) is 70.2. The van der Waals surface area contributed by atoms with Gasteiger partial charge in [0.05, 0.1) is 118 Å². The predicted octanol–water partition coefficient (Wildman–Crippen LogP) is 21.4. The Labute approximate surface area is 948 Å². The van der Waals surface area contributed by atoms with Crippen LogP contribution in [0.1, 0.15) is 163 Å². The van der Waals surface area contributed by atoms with Crippen LogP contribution in [0.2, 0.25) is 60.3 Å². The van der Waals surface area contributed by atoms with Crippen LogP contribution in [0.3, 0.4) is 0 Å². The summed E-state index contributed by atoms with van der Waals surface area (Å²) in [6.45, 7) is 1.96. The van der Waals surface area contributed by atoms with Gasteiger partial charge < -0.3 is 70.2 Å². The Balaban J connectivity index is 0.000000182. The standard InChI is InChI=1S/C24H28Cl2N4O4.C24H26Cl2N4O3.C15H25N3O3.C9H4Cl5N.2C9H5Cl2NO2.C6H6Cl2N2.C3H4Cl3NO/c25-16-5-6-17(26)21-15(16)11-19(29-21)24(34)30-18(8-12-3-4-12)20(31)10-14(22(27)32)9-13-2-1-7-28-23(13)33;25-17-5-6-18(26)22-16(17)11-20(29-22)24(33)30-19(9-13-3-4-13)21(31)10-14(12-27)8-15-2-1-7-28-23(15)32;16-12(6-9-3-4-9)13(19)8-11(14(17)20)7-10-2-1-5-18-15(10)21;10-5-1-2-6(11)8-4(5)3-7(15-8)9(12,13)14;2*10-5-1-2-6(11)8-4(5)3-7(12-8)9(13)14;7-3-1-2-4(8)6(10)5(3)9;1-8-2(7)3(4,5)6/h5-6,12-14,18H,1-4,7-11H2,(H2,27,32)(H,28,33)(H,30,34);5-6,13-15,19H,1-4,7-11H2,(H,28,32)(H,30,33);9-12H,1-8,16H2,(H2,17,20)(H,18,21);1-2H,3H2;2*1-2H,3H2,(H,13,14);1-2H,9-10H2;7H,1H3/t13-,14+,18-;14-,15+,19+;10-,11+,12-;;;;;/m010...../s1. The van der Waals surface area contributed by atoms with Gasteiger partial charge in [0.2, 0.25) is 39.2 Å². The van der Waals surface area contributed by atoms with E-state index in [0.717, 1.165) is 76.2 Å². The molecule has 7 amide bonds. The molecule has 3 saturated heterocycles. The number of anilines is 2. The number of rotatable bonds is 29. The highest BCUT2D eigenvalue weighted by Crippen LogP contribution is 2.48. The molecule has 17 rings (SSSR count). The van der Waals surface area contributed by atoms with E-state index in [1.807, 2.05) is 0 Å². The average Bonchev–Trinajstić information content (AvgIpc) is 1.64. The molecule has 3 aliphatic carbocycles. The molecule has 800 valence electrons. The molecule has 11 aliphatic rings. The van der Waals surface area contributed by atoms with E-state index in [1.54, 1.807) is 72.8 Å². The number of Topliss-reactive ketones (excluding diaryl/α,β-unsaturated/α-hetero) is 3. The number of fused-ring (bicyclic) bond motifs is 5. The lowest BCUT2D eigenvalue weighted by Gasteiger charge is -2.25. The Morgan fingerprint density at radius 2 is 0.711 bits per heavy atom. The second kappa shape index (κ2) is 56.2. The van der Waals surface area contributed by atoms with Crippen molar-refractivity contribution in [1.82, 2.24) is 26.6 Å². The highest BCUT2D eigenvalue weighted by Gasteiger charge is 2.42. The molecule has 6 fully saturated rings. The number of aliphatic imine (C=N–C) groups is 5. The van der Waals surface area contributed by atoms with E-state index in [0.29, 0.717) is 210 Å².